The number of thiophene rings is 1. The molecule has 2 rings (SSSR count). The molecule has 0 aliphatic heterocycles. The van der Waals surface area contributed by atoms with Crippen molar-refractivity contribution in [2.75, 3.05) is 5.32 Å². The smallest absolute Gasteiger partial charge is 0.316 e. The fourth-order valence-corrected chi connectivity index (χ4v) is 4.28. The Bertz CT molecular complexity index is 739. The van der Waals surface area contributed by atoms with Crippen LogP contribution in [0.25, 0.3) is 0 Å². The maximum absolute atomic E-state index is 12.8. The Balaban J connectivity index is 2.40. The second-order valence-corrected chi connectivity index (χ2v) is 7.72. The predicted octanol–water partition coefficient (Wildman–Crippen LogP) is 5.70. The molecule has 1 aliphatic rings. The number of fused-ring (bicyclic) bond motifs is 1. The summed E-state index contributed by atoms with van der Waals surface area (Å²) >= 11 is 1.02. The summed E-state index contributed by atoms with van der Waals surface area (Å²) in [5, 5.41) is 1.83. The van der Waals surface area contributed by atoms with Gasteiger partial charge in [0.2, 0.25) is 11.8 Å². The fourth-order valence-electron chi connectivity index (χ4n) is 2.91. The average Bonchev–Trinajstić information content (AvgIpc) is 2.81. The van der Waals surface area contributed by atoms with Crippen molar-refractivity contribution in [1.29, 1.82) is 0 Å². The van der Waals surface area contributed by atoms with Crippen LogP contribution in [0.3, 0.4) is 0 Å². The summed E-state index contributed by atoms with van der Waals surface area (Å²) in [6.45, 7) is 3.92. The van der Waals surface area contributed by atoms with Crippen molar-refractivity contribution in [2.24, 2.45) is 11.8 Å². The van der Waals surface area contributed by atoms with Crippen molar-refractivity contribution < 1.29 is 31.1 Å². The van der Waals surface area contributed by atoms with Crippen LogP contribution in [0.15, 0.2) is 0 Å². The number of nitrogens with one attached hydrogen (secondary N) is 1. The molecule has 0 saturated carbocycles. The molecule has 0 bridgehead atoms. The molecule has 1 aromatic heterocycles. The highest BCUT2D eigenvalue weighted by atomic mass is 32.1. The molecule has 0 spiro atoms. The van der Waals surface area contributed by atoms with Gasteiger partial charge in [-0.1, -0.05) is 25.7 Å². The lowest BCUT2D eigenvalue weighted by Gasteiger charge is -2.21. The number of anilines is 1. The van der Waals surface area contributed by atoms with Crippen LogP contribution in [0.2, 0.25) is 0 Å². The maximum Gasteiger partial charge on any atom is 0.409 e. The van der Waals surface area contributed by atoms with Crippen LogP contribution in [0.4, 0.5) is 31.3 Å². The molecule has 1 heterocycles. The number of amides is 1. The van der Waals surface area contributed by atoms with Gasteiger partial charge in [-0.3, -0.25) is 4.79 Å². The largest absolute Gasteiger partial charge is 0.409 e. The number of halogens is 6. The normalized spacial score (nSPS) is 17.3. The molecule has 150 valence electrons. The van der Waals surface area contributed by atoms with Crippen LogP contribution in [-0.2, 0) is 17.6 Å². The van der Waals surface area contributed by atoms with Gasteiger partial charge < -0.3 is 5.32 Å². The monoisotopic (exact) mass is 411 g/mol. The minimum Gasteiger partial charge on any atom is -0.316 e. The van der Waals surface area contributed by atoms with Gasteiger partial charge in [0.25, 0.3) is 0 Å². The number of alkyl halides is 6. The number of hydrogen-bond acceptors (Lipinski definition) is 2. The SMILES string of the molecule is CCCC#Cc1c(NC(=O)C(C(F)(F)F)C(F)(F)F)sc2c1CCC(C)C2. The van der Waals surface area contributed by atoms with Gasteiger partial charge in [0.05, 0.1) is 5.56 Å². The summed E-state index contributed by atoms with van der Waals surface area (Å²) in [4.78, 5) is 12.7. The van der Waals surface area contributed by atoms with E-state index in [1.807, 2.05) is 19.2 Å². The molecule has 1 N–H and O–H groups in total. The number of carbonyl (C=O) groups is 1. The molecular formula is C18H19F6NOS. The van der Waals surface area contributed by atoms with E-state index in [0.29, 0.717) is 30.7 Å². The summed E-state index contributed by atoms with van der Waals surface area (Å²) in [6.07, 6.45) is -7.97. The Morgan fingerprint density at radius 1 is 1.26 bits per heavy atom. The first-order valence-corrected chi connectivity index (χ1v) is 9.34. The van der Waals surface area contributed by atoms with Crippen molar-refractivity contribution in [2.45, 2.75) is 58.3 Å². The van der Waals surface area contributed by atoms with Crippen LogP contribution in [-0.4, -0.2) is 18.3 Å². The van der Waals surface area contributed by atoms with Crippen LogP contribution >= 0.6 is 11.3 Å². The summed E-state index contributed by atoms with van der Waals surface area (Å²) in [5.41, 5.74) is 1.18. The number of hydrogen-bond donors (Lipinski definition) is 1. The van der Waals surface area contributed by atoms with Crippen LogP contribution in [0.5, 0.6) is 0 Å². The van der Waals surface area contributed by atoms with E-state index in [4.69, 9.17) is 0 Å². The molecular weight excluding hydrogens is 392 g/mol. The van der Waals surface area contributed by atoms with Gasteiger partial charge in [0.15, 0.2) is 0 Å². The Labute approximate surface area is 157 Å². The lowest BCUT2D eigenvalue weighted by molar-refractivity contribution is -0.272. The Kier molecular flexibility index (Phi) is 6.51. The molecule has 1 unspecified atom stereocenters. The van der Waals surface area contributed by atoms with Crippen LogP contribution < -0.4 is 5.32 Å². The third-order valence-corrected chi connectivity index (χ3v) is 5.42. The topological polar surface area (TPSA) is 29.1 Å². The zero-order valence-electron chi connectivity index (χ0n) is 14.8. The second-order valence-electron chi connectivity index (χ2n) is 6.61. The third-order valence-electron chi connectivity index (χ3n) is 4.25. The zero-order chi connectivity index (χ0) is 20.4. The molecule has 1 amide bonds. The number of rotatable bonds is 3. The van der Waals surface area contributed by atoms with E-state index in [-0.39, 0.29) is 5.00 Å². The zero-order valence-corrected chi connectivity index (χ0v) is 15.6. The summed E-state index contributed by atoms with van der Waals surface area (Å²) in [6, 6.07) is 0. The minimum atomic E-state index is -5.72. The van der Waals surface area contributed by atoms with Crippen molar-refractivity contribution in [3.63, 3.8) is 0 Å². The van der Waals surface area contributed by atoms with E-state index in [9.17, 15) is 31.1 Å². The van der Waals surface area contributed by atoms with Crippen molar-refractivity contribution in [3.8, 4) is 11.8 Å². The first kappa shape index (κ1) is 21.6. The van der Waals surface area contributed by atoms with E-state index in [1.54, 1.807) is 0 Å². The van der Waals surface area contributed by atoms with Crippen molar-refractivity contribution >= 4 is 22.2 Å². The molecule has 1 aliphatic carbocycles. The maximum atomic E-state index is 12.8. The fraction of sp³-hybridized carbons (Fsp3) is 0.611. The Morgan fingerprint density at radius 3 is 2.44 bits per heavy atom. The standard InChI is InChI=1S/C18H19F6NOS/c1-3-4-5-6-12-11-8-7-10(2)9-13(11)27-16(12)25-15(26)14(17(19,20)21)18(22,23)24/h10,14H,3-4,7-9H2,1-2H3,(H,25,26). The molecule has 1 aromatic rings. The molecule has 1 atom stereocenters. The summed E-state index contributed by atoms with van der Waals surface area (Å²) < 4.78 is 76.7. The van der Waals surface area contributed by atoms with Crippen molar-refractivity contribution in [1.82, 2.24) is 0 Å². The van der Waals surface area contributed by atoms with Gasteiger partial charge in [0, 0.05) is 11.3 Å². The molecule has 0 radical (unpaired) electrons. The lowest BCUT2D eigenvalue weighted by atomic mass is 9.88. The van der Waals surface area contributed by atoms with Gasteiger partial charge in [-0.2, -0.15) is 26.3 Å². The van der Waals surface area contributed by atoms with Crippen molar-refractivity contribution in [3.05, 3.63) is 16.0 Å². The van der Waals surface area contributed by atoms with E-state index >= 15 is 0 Å². The molecule has 9 heteroatoms. The highest BCUT2D eigenvalue weighted by Crippen LogP contribution is 2.43. The van der Waals surface area contributed by atoms with E-state index in [1.165, 1.54) is 0 Å². The first-order valence-electron chi connectivity index (χ1n) is 8.52. The molecule has 2 nitrogen and oxygen atoms in total. The predicted molar refractivity (Wildman–Crippen MR) is 91.5 cm³/mol. The quantitative estimate of drug-likeness (QED) is 0.501. The molecule has 0 saturated heterocycles. The highest BCUT2D eigenvalue weighted by Gasteiger charge is 2.61. The Hall–Kier alpha value is -1.69. The lowest BCUT2D eigenvalue weighted by Crippen LogP contribution is -2.45. The second kappa shape index (κ2) is 8.13. The Morgan fingerprint density at radius 2 is 1.89 bits per heavy atom. The highest BCUT2D eigenvalue weighted by molar-refractivity contribution is 7.16. The van der Waals surface area contributed by atoms with Crippen LogP contribution in [0.1, 0.15) is 49.1 Å². The van der Waals surface area contributed by atoms with E-state index in [2.05, 4.69) is 11.8 Å². The van der Waals surface area contributed by atoms with Gasteiger partial charge >= 0.3 is 12.4 Å². The molecule has 0 fully saturated rings. The van der Waals surface area contributed by atoms with Gasteiger partial charge in [0.1, 0.15) is 5.00 Å². The summed E-state index contributed by atoms with van der Waals surface area (Å²) in [5.74, 6) is -0.134. The first-order chi connectivity index (χ1) is 12.4. The average molecular weight is 411 g/mol. The number of carbonyl (C=O) groups excluding carboxylic acids is 1. The third kappa shape index (κ3) is 5.18. The molecule has 0 aromatic carbocycles. The van der Waals surface area contributed by atoms with E-state index < -0.39 is 24.2 Å². The van der Waals surface area contributed by atoms with Gasteiger partial charge in [-0.15, -0.1) is 11.3 Å². The molecule has 27 heavy (non-hydrogen) atoms. The van der Waals surface area contributed by atoms with Gasteiger partial charge in [-0.05, 0) is 37.2 Å². The van der Waals surface area contributed by atoms with E-state index in [0.717, 1.165) is 34.6 Å². The minimum absolute atomic E-state index is 0.0267. The number of unbranched alkanes of at least 4 members (excludes halogenated alkanes) is 1. The van der Waals surface area contributed by atoms with Gasteiger partial charge in [-0.25, -0.2) is 0 Å². The summed E-state index contributed by atoms with van der Waals surface area (Å²) in [7, 11) is 0. The van der Waals surface area contributed by atoms with Crippen LogP contribution in [0, 0.1) is 23.7 Å².